The zero-order chi connectivity index (χ0) is 17.1. The minimum atomic E-state index is -0.449. The molecule has 4 N–H and O–H groups in total. The Morgan fingerprint density at radius 3 is 2.67 bits per heavy atom. The van der Waals surface area contributed by atoms with Crippen molar-refractivity contribution in [3.05, 3.63) is 53.6 Å². The summed E-state index contributed by atoms with van der Waals surface area (Å²) in [6.45, 7) is 0.351. The van der Waals surface area contributed by atoms with Crippen LogP contribution >= 0.6 is 0 Å². The highest BCUT2D eigenvalue weighted by Gasteiger charge is 2.18. The Hall–Kier alpha value is -3.49. The van der Waals surface area contributed by atoms with E-state index in [0.717, 1.165) is 5.56 Å². The summed E-state index contributed by atoms with van der Waals surface area (Å²) in [4.78, 5) is 31.9. The molecular formula is C15H15N7O2. The minimum Gasteiger partial charge on any atom is -0.368 e. The van der Waals surface area contributed by atoms with Crippen molar-refractivity contribution in [1.29, 1.82) is 0 Å². The maximum absolute atomic E-state index is 12.2. The lowest BCUT2D eigenvalue weighted by Gasteiger charge is -2.05. The van der Waals surface area contributed by atoms with E-state index in [-0.39, 0.29) is 17.5 Å². The fraction of sp³-hybridized carbons (Fsp3) is 0.133. The van der Waals surface area contributed by atoms with E-state index < -0.39 is 11.8 Å². The Morgan fingerprint density at radius 2 is 1.96 bits per heavy atom. The second-order valence-corrected chi connectivity index (χ2v) is 4.94. The predicted molar refractivity (Wildman–Crippen MR) is 86.2 cm³/mol. The summed E-state index contributed by atoms with van der Waals surface area (Å²) in [5, 5.41) is 9.23. The summed E-state index contributed by atoms with van der Waals surface area (Å²) in [6.07, 6.45) is 1.35. The molecule has 0 unspecified atom stereocenters. The molecule has 24 heavy (non-hydrogen) atoms. The second-order valence-electron chi connectivity index (χ2n) is 4.94. The smallest absolute Gasteiger partial charge is 0.291 e. The van der Waals surface area contributed by atoms with Crippen LogP contribution in [0.5, 0.6) is 0 Å². The highest BCUT2D eigenvalue weighted by Crippen LogP contribution is 2.12. The number of nitrogen functional groups attached to an aromatic ring is 1. The van der Waals surface area contributed by atoms with Gasteiger partial charge in [0.05, 0.1) is 6.20 Å². The molecule has 9 nitrogen and oxygen atoms in total. The number of carbonyl (C=O) groups excluding carboxylic acids is 2. The van der Waals surface area contributed by atoms with Gasteiger partial charge in [0.15, 0.2) is 5.69 Å². The monoisotopic (exact) mass is 325 g/mol. The lowest BCUT2D eigenvalue weighted by atomic mass is 10.2. The van der Waals surface area contributed by atoms with Crippen molar-refractivity contribution in [2.75, 3.05) is 12.8 Å². The summed E-state index contributed by atoms with van der Waals surface area (Å²) in [7, 11) is 1.48. The van der Waals surface area contributed by atoms with Gasteiger partial charge in [-0.1, -0.05) is 30.3 Å². The second kappa shape index (κ2) is 6.32. The third-order valence-electron chi connectivity index (χ3n) is 3.36. The third kappa shape index (κ3) is 2.86. The van der Waals surface area contributed by atoms with Gasteiger partial charge in [0.1, 0.15) is 5.52 Å². The molecule has 0 atom stereocenters. The van der Waals surface area contributed by atoms with E-state index in [2.05, 4.69) is 25.7 Å². The maximum Gasteiger partial charge on any atom is 0.291 e. The van der Waals surface area contributed by atoms with Crippen molar-refractivity contribution in [1.82, 2.24) is 30.2 Å². The Bertz CT molecular complexity index is 905. The normalized spacial score (nSPS) is 10.5. The molecule has 0 aliphatic carbocycles. The standard InChI is InChI=1S/C15H15N7O2/c1-17-13(23)11-10-8-18-12(21-22(10)15(16)20-11)14(24)19-7-9-5-3-2-4-6-9/h2-6,8H,7H2,1H3,(H2,16,20)(H,17,23)(H,19,24). The van der Waals surface area contributed by atoms with Crippen LogP contribution < -0.4 is 16.4 Å². The third-order valence-corrected chi connectivity index (χ3v) is 3.36. The van der Waals surface area contributed by atoms with Gasteiger partial charge in [-0.3, -0.25) is 9.59 Å². The number of fused-ring (bicyclic) bond motifs is 1. The number of benzene rings is 1. The number of aromatic nitrogens is 4. The average Bonchev–Trinajstić information content (AvgIpc) is 2.96. The van der Waals surface area contributed by atoms with Gasteiger partial charge >= 0.3 is 0 Å². The molecule has 0 aliphatic rings. The summed E-state index contributed by atoms with van der Waals surface area (Å²) >= 11 is 0. The van der Waals surface area contributed by atoms with Crippen LogP contribution in [0.25, 0.3) is 5.52 Å². The number of carbonyl (C=O) groups is 2. The van der Waals surface area contributed by atoms with Gasteiger partial charge in [-0.05, 0) is 5.56 Å². The van der Waals surface area contributed by atoms with E-state index in [4.69, 9.17) is 5.73 Å². The molecule has 2 heterocycles. The molecule has 9 heteroatoms. The number of imidazole rings is 1. The molecule has 2 aromatic heterocycles. The van der Waals surface area contributed by atoms with Gasteiger partial charge in [0, 0.05) is 13.6 Å². The molecule has 0 spiro atoms. The Balaban J connectivity index is 1.84. The number of amides is 2. The van der Waals surface area contributed by atoms with Crippen LogP contribution in [0.2, 0.25) is 0 Å². The summed E-state index contributed by atoms with van der Waals surface area (Å²) in [6, 6.07) is 9.46. The molecule has 0 bridgehead atoms. The van der Waals surface area contributed by atoms with Crippen molar-refractivity contribution < 1.29 is 9.59 Å². The zero-order valence-corrected chi connectivity index (χ0v) is 12.9. The van der Waals surface area contributed by atoms with Crippen LogP contribution in [-0.2, 0) is 6.54 Å². The lowest BCUT2D eigenvalue weighted by Crippen LogP contribution is -2.26. The van der Waals surface area contributed by atoms with Gasteiger partial charge in [0.2, 0.25) is 11.8 Å². The van der Waals surface area contributed by atoms with E-state index in [1.165, 1.54) is 17.8 Å². The first kappa shape index (κ1) is 15.4. The number of nitrogens with two attached hydrogens (primary N) is 1. The maximum atomic E-state index is 12.2. The van der Waals surface area contributed by atoms with Crippen LogP contribution in [-0.4, -0.2) is 38.4 Å². The molecule has 0 fully saturated rings. The summed E-state index contributed by atoms with van der Waals surface area (Å²) in [5.41, 5.74) is 7.14. The van der Waals surface area contributed by atoms with Crippen LogP contribution in [0.3, 0.4) is 0 Å². The molecule has 2 amide bonds. The van der Waals surface area contributed by atoms with Gasteiger partial charge in [-0.15, -0.1) is 5.10 Å². The van der Waals surface area contributed by atoms with Crippen LogP contribution in [0.4, 0.5) is 5.95 Å². The molecule has 122 valence electrons. The largest absolute Gasteiger partial charge is 0.368 e. The average molecular weight is 325 g/mol. The predicted octanol–water partition coefficient (Wildman–Crippen LogP) is -0.00390. The number of anilines is 1. The van der Waals surface area contributed by atoms with Crippen molar-refractivity contribution in [2.45, 2.75) is 6.54 Å². The first-order valence-electron chi connectivity index (χ1n) is 7.15. The minimum absolute atomic E-state index is 0.00288. The molecular weight excluding hydrogens is 310 g/mol. The van der Waals surface area contributed by atoms with Crippen molar-refractivity contribution in [3.8, 4) is 0 Å². The van der Waals surface area contributed by atoms with Crippen LogP contribution in [0.15, 0.2) is 36.5 Å². The highest BCUT2D eigenvalue weighted by atomic mass is 16.2. The van der Waals surface area contributed by atoms with Crippen molar-refractivity contribution in [3.63, 3.8) is 0 Å². The topological polar surface area (TPSA) is 127 Å². The van der Waals surface area contributed by atoms with Crippen LogP contribution in [0, 0.1) is 0 Å². The Kier molecular flexibility index (Phi) is 4.06. The molecule has 1 aromatic carbocycles. The number of nitrogens with zero attached hydrogens (tertiary/aromatic N) is 4. The number of nitrogens with one attached hydrogen (secondary N) is 2. The van der Waals surface area contributed by atoms with Gasteiger partial charge in [-0.2, -0.15) is 4.52 Å². The number of hydrogen-bond acceptors (Lipinski definition) is 6. The van der Waals surface area contributed by atoms with Gasteiger partial charge < -0.3 is 16.4 Å². The van der Waals surface area contributed by atoms with Gasteiger partial charge in [-0.25, -0.2) is 9.97 Å². The van der Waals surface area contributed by atoms with Crippen LogP contribution in [0.1, 0.15) is 26.7 Å². The number of rotatable bonds is 4. The molecule has 3 aromatic rings. The molecule has 0 aliphatic heterocycles. The Labute approximate surface area is 136 Å². The van der Waals surface area contributed by atoms with E-state index in [0.29, 0.717) is 12.1 Å². The molecule has 3 rings (SSSR count). The van der Waals surface area contributed by atoms with E-state index in [1.807, 2.05) is 30.3 Å². The van der Waals surface area contributed by atoms with Crippen molar-refractivity contribution >= 4 is 23.3 Å². The van der Waals surface area contributed by atoms with Crippen molar-refractivity contribution in [2.24, 2.45) is 0 Å². The van der Waals surface area contributed by atoms with E-state index in [1.54, 1.807) is 0 Å². The van der Waals surface area contributed by atoms with Gasteiger partial charge in [0.25, 0.3) is 11.8 Å². The molecule has 0 saturated heterocycles. The molecule has 0 radical (unpaired) electrons. The fourth-order valence-electron chi connectivity index (χ4n) is 2.15. The lowest BCUT2D eigenvalue weighted by molar-refractivity contribution is 0.0937. The van der Waals surface area contributed by atoms with E-state index >= 15 is 0 Å². The summed E-state index contributed by atoms with van der Waals surface area (Å²) < 4.78 is 1.22. The SMILES string of the molecule is CNC(=O)c1nc(N)n2nc(C(=O)NCc3ccccc3)ncc12. The zero-order valence-electron chi connectivity index (χ0n) is 12.9. The first-order valence-corrected chi connectivity index (χ1v) is 7.15. The Morgan fingerprint density at radius 1 is 1.21 bits per heavy atom. The quantitative estimate of drug-likeness (QED) is 0.619. The van der Waals surface area contributed by atoms with E-state index in [9.17, 15) is 9.59 Å². The highest BCUT2D eigenvalue weighted by molar-refractivity contribution is 5.99. The molecule has 0 saturated carbocycles. The number of hydrogen-bond donors (Lipinski definition) is 3. The fourth-order valence-corrected chi connectivity index (χ4v) is 2.15. The first-order chi connectivity index (χ1) is 11.6. The summed E-state index contributed by atoms with van der Waals surface area (Å²) in [5.74, 6) is -0.918.